The molecule has 418 valence electrons. The molecule has 0 aromatic carbocycles. The summed E-state index contributed by atoms with van der Waals surface area (Å²) < 4.78 is 32.8. The Hall–Kier alpha value is -5.20. The fourth-order valence-electron chi connectivity index (χ4n) is 6.97. The summed E-state index contributed by atoms with van der Waals surface area (Å²) in [5, 5.41) is 55.1. The van der Waals surface area contributed by atoms with Crippen LogP contribution in [0.5, 0.6) is 0 Å². The highest BCUT2D eigenvalue weighted by atomic mass is 16.6. The van der Waals surface area contributed by atoms with Gasteiger partial charge in [0.25, 0.3) is 5.91 Å². The number of carboxylic acid groups (broad SMARTS) is 4. The molecule has 1 saturated heterocycles. The number of hydroxylamine groups is 2. The first kappa shape index (κ1) is 65.8. The van der Waals surface area contributed by atoms with E-state index in [0.29, 0.717) is 50.9 Å². The number of nitrogens with one attached hydrogen (secondary N) is 2. The Kier molecular flexibility index (Phi) is 38.0. The number of ether oxygens (including phenoxy) is 6. The summed E-state index contributed by atoms with van der Waals surface area (Å²) in [6.45, 7) is 5.93. The minimum Gasteiger partial charge on any atom is -0.480 e. The van der Waals surface area contributed by atoms with Crippen molar-refractivity contribution in [3.05, 3.63) is 23.9 Å². The average Bonchev–Trinajstić information content (AvgIpc) is 3.32. The molecule has 1 fully saturated rings. The van der Waals surface area contributed by atoms with E-state index in [1.807, 2.05) is 6.92 Å². The molecule has 73 heavy (non-hydrogen) atoms. The Balaban J connectivity index is 2.71. The van der Waals surface area contributed by atoms with Crippen LogP contribution < -0.4 is 10.6 Å². The van der Waals surface area contributed by atoms with Gasteiger partial charge < -0.3 is 64.4 Å². The minimum atomic E-state index is -1.26. The summed E-state index contributed by atoms with van der Waals surface area (Å²) in [4.78, 5) is 105. The van der Waals surface area contributed by atoms with E-state index >= 15 is 0 Å². The number of aliphatic carboxylic acids is 4. The first-order valence-electron chi connectivity index (χ1n) is 24.4. The normalized spacial score (nSPS) is 15.2. The maximum Gasteiger partial charge on any atom is 0.320 e. The van der Waals surface area contributed by atoms with Crippen LogP contribution in [0.15, 0.2) is 23.9 Å². The number of amides is 3. The van der Waals surface area contributed by atoms with Crippen molar-refractivity contribution in [2.45, 2.75) is 38.6 Å². The van der Waals surface area contributed by atoms with Crippen LogP contribution in [0.3, 0.4) is 0 Å². The molecule has 0 bridgehead atoms. The quantitative estimate of drug-likeness (QED) is 0.0110. The maximum absolute atomic E-state index is 13.6. The number of allylic oxidation sites excluding steroid dienone is 3. The maximum atomic E-state index is 13.6. The second-order valence-electron chi connectivity index (χ2n) is 16.5. The molecule has 1 rings (SSSR count). The standard InChI is InChI=1S/C46H80N8O19/c1-3-23-68-27-31-72-32-28-69-24-9-41(57)48-11-25-70-29-33-73-34-30-71-26-21-54(45(64)38(49(2)67)6-4-5-22-55)12-10-47-40(56)8-7-39(46(65)66)53-19-17-51(36-43(60)61)15-13-50(35-42(58)59)14-16-52(18-20-53)37-44(62)63/h4-6,22,39,67H,3,7-21,23-37H2,1-2H3,(H,47,56)(H,48,57)(H,58,59)(H,60,61)(H,62,63)(H,65,66)/b5-4-,38-6-. The van der Waals surface area contributed by atoms with Crippen LogP contribution in [-0.2, 0) is 66.8 Å². The van der Waals surface area contributed by atoms with Crippen molar-refractivity contribution in [3.63, 3.8) is 0 Å². The van der Waals surface area contributed by atoms with Gasteiger partial charge in [-0.1, -0.05) is 13.0 Å². The van der Waals surface area contributed by atoms with Crippen LogP contribution in [-0.4, -0.2) is 294 Å². The molecule has 3 amide bonds. The highest BCUT2D eigenvalue weighted by Crippen LogP contribution is 2.12. The van der Waals surface area contributed by atoms with Crippen molar-refractivity contribution in [2.75, 3.05) is 185 Å². The van der Waals surface area contributed by atoms with E-state index in [4.69, 9.17) is 28.4 Å². The Morgan fingerprint density at radius 1 is 0.562 bits per heavy atom. The number of carboxylic acids is 4. The fourth-order valence-corrected chi connectivity index (χ4v) is 6.97. The number of rotatable bonds is 41. The number of carbonyl (C=O) groups excluding carboxylic acids is 4. The number of carbonyl (C=O) groups is 8. The van der Waals surface area contributed by atoms with Gasteiger partial charge in [-0.25, -0.2) is 0 Å². The van der Waals surface area contributed by atoms with Crippen molar-refractivity contribution in [1.82, 2.24) is 40.2 Å². The molecular weight excluding hydrogens is 969 g/mol. The summed E-state index contributed by atoms with van der Waals surface area (Å²) in [5.41, 5.74) is -0.195. The van der Waals surface area contributed by atoms with Crippen molar-refractivity contribution >= 4 is 47.9 Å². The van der Waals surface area contributed by atoms with E-state index in [1.54, 1.807) is 19.6 Å². The molecule has 0 radical (unpaired) electrons. The largest absolute Gasteiger partial charge is 0.480 e. The summed E-state index contributed by atoms with van der Waals surface area (Å²) >= 11 is 0. The molecule has 1 atom stereocenters. The van der Waals surface area contributed by atoms with E-state index in [9.17, 15) is 64.0 Å². The van der Waals surface area contributed by atoms with Crippen molar-refractivity contribution in [1.29, 1.82) is 0 Å². The van der Waals surface area contributed by atoms with Gasteiger partial charge in [0, 0.05) is 105 Å². The smallest absolute Gasteiger partial charge is 0.320 e. The highest BCUT2D eigenvalue weighted by molar-refractivity contribution is 5.93. The second kappa shape index (κ2) is 42.2. The first-order chi connectivity index (χ1) is 35.1. The average molecular weight is 1050 g/mol. The van der Waals surface area contributed by atoms with Gasteiger partial charge in [-0.05, 0) is 25.0 Å². The molecule has 1 aliphatic rings. The highest BCUT2D eigenvalue weighted by Gasteiger charge is 2.29. The molecule has 0 aromatic heterocycles. The van der Waals surface area contributed by atoms with Crippen LogP contribution in [0, 0.1) is 0 Å². The van der Waals surface area contributed by atoms with E-state index in [0.717, 1.165) is 12.5 Å². The SMILES string of the molecule is CCCOCCOCCOCCC(=O)NCCOCCOCCOCCN(CCNC(=O)CCC(C(=O)O)N1CCN(CC(=O)O)CCN(CC(=O)O)CCN(CC(=O)O)CC1)C(=O)/C(=C/C=C\C=O)N(C)O. The zero-order valence-electron chi connectivity index (χ0n) is 42.4. The third-order valence-electron chi connectivity index (χ3n) is 10.7. The van der Waals surface area contributed by atoms with Gasteiger partial charge in [-0.2, -0.15) is 0 Å². The number of aldehydes is 1. The molecule has 1 unspecified atom stereocenters. The zero-order valence-corrected chi connectivity index (χ0v) is 42.4. The minimum absolute atomic E-state index is 0.00705. The number of nitrogens with zero attached hydrogens (tertiary/aromatic N) is 6. The zero-order chi connectivity index (χ0) is 54.1. The Morgan fingerprint density at radius 2 is 1.00 bits per heavy atom. The summed E-state index contributed by atoms with van der Waals surface area (Å²) in [6.07, 6.45) is 4.83. The monoisotopic (exact) mass is 1050 g/mol. The lowest BCUT2D eigenvalue weighted by molar-refractivity contribution is -0.145. The Labute approximate surface area is 426 Å². The van der Waals surface area contributed by atoms with E-state index in [1.165, 1.54) is 24.1 Å². The molecule has 7 N–H and O–H groups in total. The van der Waals surface area contributed by atoms with Crippen LogP contribution in [0.25, 0.3) is 0 Å². The molecule has 27 heteroatoms. The molecule has 0 spiro atoms. The van der Waals surface area contributed by atoms with E-state index < -0.39 is 54.8 Å². The van der Waals surface area contributed by atoms with Gasteiger partial charge in [-0.15, -0.1) is 0 Å². The summed E-state index contributed by atoms with van der Waals surface area (Å²) in [6, 6.07) is -1.23. The second-order valence-corrected chi connectivity index (χ2v) is 16.5. The van der Waals surface area contributed by atoms with Gasteiger partial charge in [-0.3, -0.25) is 68.2 Å². The molecule has 0 aliphatic carbocycles. The van der Waals surface area contributed by atoms with Crippen LogP contribution in [0.2, 0.25) is 0 Å². The summed E-state index contributed by atoms with van der Waals surface area (Å²) in [5.74, 6) is -6.00. The lowest BCUT2D eigenvalue weighted by atomic mass is 10.1. The predicted octanol–water partition coefficient (Wildman–Crippen LogP) is -2.38. The third-order valence-corrected chi connectivity index (χ3v) is 10.7. The van der Waals surface area contributed by atoms with Crippen LogP contribution in [0.4, 0.5) is 0 Å². The Bertz CT molecular complexity index is 1640. The van der Waals surface area contributed by atoms with E-state index in [2.05, 4.69) is 10.6 Å². The van der Waals surface area contributed by atoms with Crippen molar-refractivity contribution in [2.24, 2.45) is 0 Å². The molecular formula is C46H80N8O19. The number of likely N-dealkylation sites (N-methyl/N-ethyl adjacent to an activating group) is 1. The van der Waals surface area contributed by atoms with Crippen molar-refractivity contribution in [3.8, 4) is 0 Å². The lowest BCUT2D eigenvalue weighted by Crippen LogP contribution is -2.52. The molecule has 27 nitrogen and oxygen atoms in total. The molecule has 1 aliphatic heterocycles. The van der Waals surface area contributed by atoms with Gasteiger partial charge in [0.1, 0.15) is 18.0 Å². The van der Waals surface area contributed by atoms with Gasteiger partial charge >= 0.3 is 23.9 Å². The van der Waals surface area contributed by atoms with Crippen LogP contribution >= 0.6 is 0 Å². The lowest BCUT2D eigenvalue weighted by Gasteiger charge is -2.35. The fraction of sp³-hybridized carbons (Fsp3) is 0.739. The molecule has 0 aromatic rings. The number of hydrogen-bond acceptors (Lipinski definition) is 20. The number of hydrogen-bond donors (Lipinski definition) is 7. The molecule has 0 saturated carbocycles. The topological polar surface area (TPSA) is 337 Å². The first-order valence-corrected chi connectivity index (χ1v) is 24.4. The predicted molar refractivity (Wildman–Crippen MR) is 260 cm³/mol. The van der Waals surface area contributed by atoms with Gasteiger partial charge in [0.15, 0.2) is 0 Å². The van der Waals surface area contributed by atoms with Crippen LogP contribution in [0.1, 0.15) is 32.6 Å². The van der Waals surface area contributed by atoms with Gasteiger partial charge in [0.05, 0.1) is 92.3 Å². The third kappa shape index (κ3) is 34.8. The van der Waals surface area contributed by atoms with Gasteiger partial charge in [0.2, 0.25) is 11.8 Å². The van der Waals surface area contributed by atoms with Crippen molar-refractivity contribution < 1.29 is 92.4 Å². The van der Waals surface area contributed by atoms with E-state index in [-0.39, 0.29) is 156 Å². The Morgan fingerprint density at radius 3 is 1.47 bits per heavy atom. The summed E-state index contributed by atoms with van der Waals surface area (Å²) in [7, 11) is 1.22. The molecule has 1 heterocycles.